The summed E-state index contributed by atoms with van der Waals surface area (Å²) in [6.45, 7) is 6.35. The predicted octanol–water partition coefficient (Wildman–Crippen LogP) is 7.14. The molecule has 0 radical (unpaired) electrons. The van der Waals surface area contributed by atoms with Gasteiger partial charge in [0.05, 0.1) is 6.10 Å². The number of benzene rings is 2. The Balaban J connectivity index is 1.51. The van der Waals surface area contributed by atoms with E-state index in [1.165, 1.54) is 23.9 Å². The van der Waals surface area contributed by atoms with Crippen LogP contribution in [0, 0.1) is 22.6 Å². The monoisotopic (exact) mass is 460 g/mol. The minimum absolute atomic E-state index is 0.139. The van der Waals surface area contributed by atoms with Crippen molar-refractivity contribution in [2.75, 3.05) is 0 Å². The third-order valence-electron chi connectivity index (χ3n) is 7.25. The summed E-state index contributed by atoms with van der Waals surface area (Å²) in [5.41, 5.74) is 0.629. The number of phosphoric acid groups is 1. The van der Waals surface area contributed by atoms with Crippen LogP contribution in [0.1, 0.15) is 51.2 Å². The molecule has 2 aliphatic carbocycles. The molecule has 2 bridgehead atoms. The SMILES string of the molecule is CC1(C)[C@@H]2CC[C@@](C)(C2)[C@@H]1OP(=O)(O)OC1=Cc2c(F)cccc2Sc2ccccc21. The minimum Gasteiger partial charge on any atom is -0.403 e. The van der Waals surface area contributed by atoms with Crippen LogP contribution in [0.4, 0.5) is 4.39 Å². The van der Waals surface area contributed by atoms with Crippen LogP contribution in [0.25, 0.3) is 11.8 Å². The maximum Gasteiger partial charge on any atom is 0.527 e. The van der Waals surface area contributed by atoms with Gasteiger partial charge < -0.3 is 4.52 Å². The molecule has 5 rings (SSSR count). The molecule has 2 aromatic carbocycles. The average molecular weight is 461 g/mol. The van der Waals surface area contributed by atoms with Gasteiger partial charge in [-0.15, -0.1) is 0 Å². The van der Waals surface area contributed by atoms with Crippen molar-refractivity contribution < 1.29 is 22.9 Å². The predicted molar refractivity (Wildman–Crippen MR) is 120 cm³/mol. The Bertz CT molecular complexity index is 1130. The number of hydrogen-bond donors (Lipinski definition) is 1. The second-order valence-corrected chi connectivity index (χ2v) is 12.1. The van der Waals surface area contributed by atoms with Crippen LogP contribution >= 0.6 is 19.6 Å². The van der Waals surface area contributed by atoms with Gasteiger partial charge in [-0.25, -0.2) is 8.96 Å². The number of hydrogen-bond acceptors (Lipinski definition) is 4. The van der Waals surface area contributed by atoms with Gasteiger partial charge in [0.15, 0.2) is 0 Å². The number of rotatable bonds is 4. The Labute approximate surface area is 186 Å². The highest BCUT2D eigenvalue weighted by Gasteiger charge is 2.62. The topological polar surface area (TPSA) is 55.8 Å². The number of phosphoric ester groups is 1. The number of fused-ring (bicyclic) bond motifs is 4. The van der Waals surface area contributed by atoms with E-state index in [4.69, 9.17) is 9.05 Å². The van der Waals surface area contributed by atoms with E-state index in [9.17, 15) is 13.8 Å². The zero-order chi connectivity index (χ0) is 22.0. The summed E-state index contributed by atoms with van der Waals surface area (Å²) >= 11 is 1.40. The first-order valence-electron chi connectivity index (χ1n) is 10.6. The first kappa shape index (κ1) is 21.3. The highest BCUT2D eigenvalue weighted by atomic mass is 32.2. The lowest BCUT2D eigenvalue weighted by atomic mass is 9.70. The lowest BCUT2D eigenvalue weighted by Gasteiger charge is -2.42. The van der Waals surface area contributed by atoms with Crippen LogP contribution in [-0.4, -0.2) is 11.0 Å². The molecule has 1 aliphatic heterocycles. The smallest absolute Gasteiger partial charge is 0.403 e. The van der Waals surface area contributed by atoms with E-state index in [0.29, 0.717) is 17.0 Å². The molecule has 0 saturated heterocycles. The maximum atomic E-state index is 14.6. The van der Waals surface area contributed by atoms with Gasteiger partial charge in [0.1, 0.15) is 11.6 Å². The van der Waals surface area contributed by atoms with E-state index in [2.05, 4.69) is 20.8 Å². The van der Waals surface area contributed by atoms with Gasteiger partial charge in [-0.3, -0.25) is 9.42 Å². The Morgan fingerprint density at radius 2 is 1.87 bits per heavy atom. The minimum atomic E-state index is -4.46. The van der Waals surface area contributed by atoms with Gasteiger partial charge in [-0.1, -0.05) is 56.8 Å². The quantitative estimate of drug-likeness (QED) is 0.492. The van der Waals surface area contributed by atoms with Gasteiger partial charge in [-0.05, 0) is 60.3 Å². The third kappa shape index (κ3) is 3.58. The van der Waals surface area contributed by atoms with E-state index in [1.807, 2.05) is 24.3 Å². The van der Waals surface area contributed by atoms with E-state index in [-0.39, 0.29) is 22.7 Å². The van der Waals surface area contributed by atoms with Crippen LogP contribution in [-0.2, 0) is 13.6 Å². The van der Waals surface area contributed by atoms with E-state index >= 15 is 0 Å². The molecule has 7 heteroatoms. The fraction of sp³-hybridized carbons (Fsp3) is 0.417. The Kier molecular flexibility index (Phi) is 4.95. The molecule has 2 saturated carbocycles. The van der Waals surface area contributed by atoms with Gasteiger partial charge in [0.2, 0.25) is 0 Å². The van der Waals surface area contributed by atoms with Crippen LogP contribution in [0.3, 0.4) is 0 Å². The fourth-order valence-electron chi connectivity index (χ4n) is 5.71. The molecule has 4 nitrogen and oxygen atoms in total. The molecule has 2 fully saturated rings. The molecule has 1 N–H and O–H groups in total. The van der Waals surface area contributed by atoms with Gasteiger partial charge >= 0.3 is 7.82 Å². The van der Waals surface area contributed by atoms with Crippen molar-refractivity contribution in [3.8, 4) is 0 Å². The Morgan fingerprint density at radius 3 is 2.61 bits per heavy atom. The first-order chi connectivity index (χ1) is 14.6. The van der Waals surface area contributed by atoms with Crippen molar-refractivity contribution in [3.05, 3.63) is 59.4 Å². The number of halogens is 1. The average Bonchev–Trinajstić information content (AvgIpc) is 3.12. The lowest BCUT2D eigenvalue weighted by molar-refractivity contribution is -0.0317. The standard InChI is InChI=1S/C24H26FO4PS/c1-23(2)15-11-12-24(3,14-15)22(23)29-30(26,27)28-19-13-17-18(25)8-6-10-21(17)31-20-9-5-4-7-16(19)20/h4-10,13,15,22H,11-12,14H2,1-3H3,(H,26,27)/t15-,22-,24+/m1/s1. The normalized spacial score (nSPS) is 30.0. The summed E-state index contributed by atoms with van der Waals surface area (Å²) in [6, 6.07) is 12.3. The summed E-state index contributed by atoms with van der Waals surface area (Å²) in [6.07, 6.45) is 4.21. The summed E-state index contributed by atoms with van der Waals surface area (Å²) in [4.78, 5) is 12.4. The molecule has 1 unspecified atom stereocenters. The first-order valence-corrected chi connectivity index (χ1v) is 12.9. The molecule has 164 valence electrons. The second kappa shape index (κ2) is 7.21. The summed E-state index contributed by atoms with van der Waals surface area (Å²) in [5.74, 6) is 0.205. The molecular weight excluding hydrogens is 434 g/mol. The van der Waals surface area contributed by atoms with Gasteiger partial charge in [0.25, 0.3) is 0 Å². The molecule has 1 heterocycles. The van der Waals surface area contributed by atoms with E-state index in [1.54, 1.807) is 12.1 Å². The van der Waals surface area contributed by atoms with Crippen molar-refractivity contribution in [2.45, 2.75) is 55.9 Å². The van der Waals surface area contributed by atoms with Gasteiger partial charge in [0, 0.05) is 20.9 Å². The largest absolute Gasteiger partial charge is 0.527 e. The molecule has 0 spiro atoms. The van der Waals surface area contributed by atoms with E-state index in [0.717, 1.165) is 29.1 Å². The van der Waals surface area contributed by atoms with Crippen molar-refractivity contribution in [1.29, 1.82) is 0 Å². The Hall–Kier alpha value is -1.59. The fourth-order valence-corrected chi connectivity index (χ4v) is 8.02. The molecule has 2 aromatic rings. The molecule has 3 aliphatic rings. The zero-order valence-electron chi connectivity index (χ0n) is 17.8. The summed E-state index contributed by atoms with van der Waals surface area (Å²) in [5, 5.41) is 0. The molecular formula is C24H26FO4PS. The molecule has 0 aromatic heterocycles. The van der Waals surface area contributed by atoms with E-state index < -0.39 is 13.6 Å². The molecule has 31 heavy (non-hydrogen) atoms. The van der Waals surface area contributed by atoms with Crippen LogP contribution in [0.15, 0.2) is 52.3 Å². The van der Waals surface area contributed by atoms with Crippen molar-refractivity contribution in [2.24, 2.45) is 16.7 Å². The van der Waals surface area contributed by atoms with Crippen molar-refractivity contribution >= 4 is 31.4 Å². The van der Waals surface area contributed by atoms with Crippen LogP contribution < -0.4 is 0 Å². The highest BCUT2D eigenvalue weighted by molar-refractivity contribution is 7.99. The zero-order valence-corrected chi connectivity index (χ0v) is 19.5. The van der Waals surface area contributed by atoms with Gasteiger partial charge in [-0.2, -0.15) is 0 Å². The lowest BCUT2D eigenvalue weighted by Crippen LogP contribution is -2.41. The van der Waals surface area contributed by atoms with Crippen LogP contribution in [0.2, 0.25) is 0 Å². The second-order valence-electron chi connectivity index (χ2n) is 9.72. The maximum absolute atomic E-state index is 14.6. The molecule has 0 amide bonds. The molecule has 4 atom stereocenters. The van der Waals surface area contributed by atoms with Crippen molar-refractivity contribution in [3.63, 3.8) is 0 Å². The summed E-state index contributed by atoms with van der Waals surface area (Å²) in [7, 11) is -4.46. The summed E-state index contributed by atoms with van der Waals surface area (Å²) < 4.78 is 39.4. The third-order valence-corrected chi connectivity index (χ3v) is 9.31. The van der Waals surface area contributed by atoms with Crippen LogP contribution in [0.5, 0.6) is 0 Å². The highest BCUT2D eigenvalue weighted by Crippen LogP contribution is 2.67. The van der Waals surface area contributed by atoms with Crippen molar-refractivity contribution in [1.82, 2.24) is 0 Å². The Morgan fingerprint density at radius 1 is 1.13 bits per heavy atom.